The first-order valence-corrected chi connectivity index (χ1v) is 5.08. The smallest absolute Gasteiger partial charge is 0.341 e. The molecule has 0 heterocycles. The molecule has 0 atom stereocenters. The molecule has 0 aliphatic heterocycles. The van der Waals surface area contributed by atoms with Crippen LogP contribution < -0.4 is 0 Å². The topological polar surface area (TPSA) is 43.4 Å². The zero-order valence-electron chi connectivity index (χ0n) is 9.23. The lowest BCUT2D eigenvalue weighted by atomic mass is 10.1. The normalized spacial score (nSPS) is 9.56. The maximum absolute atomic E-state index is 11.4. The number of esters is 1. The molecule has 0 N–H and O–H groups in total. The monoisotopic (exact) mass is 218 g/mol. The fourth-order valence-corrected chi connectivity index (χ4v) is 1.14. The number of hydrogen-bond donors (Lipinski definition) is 0. The molecule has 0 radical (unpaired) electrons. The first-order valence-electron chi connectivity index (χ1n) is 5.08. The molecular weight excluding hydrogens is 204 g/mol. The summed E-state index contributed by atoms with van der Waals surface area (Å²) in [7, 11) is 0. The number of carbonyl (C=O) groups excluding carboxylic acids is 2. The third-order valence-electron chi connectivity index (χ3n) is 2.12. The van der Waals surface area contributed by atoms with Crippen LogP contribution in [-0.4, -0.2) is 11.8 Å². The van der Waals surface area contributed by atoms with Crippen LogP contribution in [-0.2, 0) is 20.9 Å². The Labute approximate surface area is 94.7 Å². The van der Waals surface area contributed by atoms with Crippen LogP contribution >= 0.6 is 0 Å². The van der Waals surface area contributed by atoms with Gasteiger partial charge in [0.2, 0.25) is 0 Å². The van der Waals surface area contributed by atoms with Crippen LogP contribution in [0.2, 0.25) is 0 Å². The van der Waals surface area contributed by atoms with Crippen molar-refractivity contribution >= 4 is 11.8 Å². The van der Waals surface area contributed by atoms with E-state index in [1.807, 2.05) is 30.3 Å². The lowest BCUT2D eigenvalue weighted by molar-refractivity contribution is -0.141. The molecule has 0 amide bonds. The third kappa shape index (κ3) is 3.35. The average Bonchev–Trinajstić information content (AvgIpc) is 2.35. The molecule has 1 aromatic carbocycles. The fraction of sp³-hybridized carbons (Fsp3) is 0.231. The Morgan fingerprint density at radius 1 is 1.25 bits per heavy atom. The van der Waals surface area contributed by atoms with E-state index in [-0.39, 0.29) is 24.4 Å². The van der Waals surface area contributed by atoms with E-state index in [1.165, 1.54) is 0 Å². The highest BCUT2D eigenvalue weighted by molar-refractivity contribution is 6.16. The highest BCUT2D eigenvalue weighted by Gasteiger charge is 2.14. The molecule has 0 saturated heterocycles. The molecule has 0 aromatic heterocycles. The van der Waals surface area contributed by atoms with E-state index in [2.05, 4.69) is 6.58 Å². The summed E-state index contributed by atoms with van der Waals surface area (Å²) in [6, 6.07) is 9.28. The largest absolute Gasteiger partial charge is 0.457 e. The Hall–Kier alpha value is -1.90. The van der Waals surface area contributed by atoms with Gasteiger partial charge < -0.3 is 4.74 Å². The zero-order chi connectivity index (χ0) is 12.0. The van der Waals surface area contributed by atoms with Gasteiger partial charge in [-0.2, -0.15) is 0 Å². The number of ketones is 1. The van der Waals surface area contributed by atoms with Gasteiger partial charge in [0, 0.05) is 6.42 Å². The summed E-state index contributed by atoms with van der Waals surface area (Å²) in [6.45, 7) is 5.25. The van der Waals surface area contributed by atoms with Gasteiger partial charge in [-0.1, -0.05) is 43.8 Å². The zero-order valence-corrected chi connectivity index (χ0v) is 9.23. The molecule has 0 bridgehead atoms. The van der Waals surface area contributed by atoms with Crippen molar-refractivity contribution in [2.45, 2.75) is 20.0 Å². The molecule has 0 aliphatic rings. The van der Waals surface area contributed by atoms with E-state index in [1.54, 1.807) is 6.92 Å². The maximum Gasteiger partial charge on any atom is 0.341 e. The van der Waals surface area contributed by atoms with E-state index in [9.17, 15) is 9.59 Å². The molecule has 0 unspecified atom stereocenters. The van der Waals surface area contributed by atoms with Crippen LogP contribution in [0.25, 0.3) is 0 Å². The van der Waals surface area contributed by atoms with Gasteiger partial charge in [-0.3, -0.25) is 4.79 Å². The molecular formula is C13H14O3. The third-order valence-corrected chi connectivity index (χ3v) is 2.12. The van der Waals surface area contributed by atoms with Crippen LogP contribution in [0.15, 0.2) is 42.5 Å². The summed E-state index contributed by atoms with van der Waals surface area (Å²) in [5.74, 6) is -0.922. The first kappa shape index (κ1) is 12.2. The van der Waals surface area contributed by atoms with Crippen LogP contribution in [0.5, 0.6) is 0 Å². The highest BCUT2D eigenvalue weighted by Crippen LogP contribution is 2.05. The summed E-state index contributed by atoms with van der Waals surface area (Å²) < 4.78 is 4.95. The molecule has 84 valence electrons. The highest BCUT2D eigenvalue weighted by atomic mass is 16.5. The van der Waals surface area contributed by atoms with Gasteiger partial charge in [0.25, 0.3) is 0 Å². The number of hydrogen-bond acceptors (Lipinski definition) is 3. The molecule has 0 aliphatic carbocycles. The van der Waals surface area contributed by atoms with Crippen molar-refractivity contribution in [3.05, 3.63) is 48.0 Å². The van der Waals surface area contributed by atoms with Crippen LogP contribution in [0, 0.1) is 0 Å². The second-order valence-corrected chi connectivity index (χ2v) is 3.32. The van der Waals surface area contributed by atoms with Crippen LogP contribution in [0.4, 0.5) is 0 Å². The van der Waals surface area contributed by atoms with Crippen molar-refractivity contribution in [1.82, 2.24) is 0 Å². The van der Waals surface area contributed by atoms with Crippen LogP contribution in [0.3, 0.4) is 0 Å². The summed E-state index contributed by atoms with van der Waals surface area (Å²) >= 11 is 0. The fourth-order valence-electron chi connectivity index (χ4n) is 1.14. The van der Waals surface area contributed by atoms with E-state index >= 15 is 0 Å². The minimum Gasteiger partial charge on any atom is -0.457 e. The Kier molecular flexibility index (Phi) is 4.45. The van der Waals surface area contributed by atoms with Crippen molar-refractivity contribution in [1.29, 1.82) is 0 Å². The predicted molar refractivity (Wildman–Crippen MR) is 60.7 cm³/mol. The molecule has 0 saturated carbocycles. The Morgan fingerprint density at radius 3 is 2.44 bits per heavy atom. The summed E-state index contributed by atoms with van der Waals surface area (Å²) in [5.41, 5.74) is 0.797. The second-order valence-electron chi connectivity index (χ2n) is 3.32. The van der Waals surface area contributed by atoms with Crippen molar-refractivity contribution < 1.29 is 14.3 Å². The molecule has 1 aromatic rings. The average molecular weight is 218 g/mol. The van der Waals surface area contributed by atoms with Gasteiger partial charge in [0.15, 0.2) is 5.78 Å². The van der Waals surface area contributed by atoms with Gasteiger partial charge >= 0.3 is 5.97 Å². The van der Waals surface area contributed by atoms with E-state index in [0.29, 0.717) is 0 Å². The van der Waals surface area contributed by atoms with Gasteiger partial charge in [-0.15, -0.1) is 0 Å². The standard InChI is InChI=1S/C13H14O3/c1-3-12(14)10(2)13(15)16-9-11-7-5-4-6-8-11/h4-8H,2-3,9H2,1H3. The molecule has 1 rings (SSSR count). The van der Waals surface area contributed by atoms with Crippen molar-refractivity contribution in [2.24, 2.45) is 0 Å². The first-order chi connectivity index (χ1) is 7.65. The number of benzene rings is 1. The predicted octanol–water partition coefficient (Wildman–Crippen LogP) is 2.27. The summed E-state index contributed by atoms with van der Waals surface area (Å²) in [5, 5.41) is 0. The van der Waals surface area contributed by atoms with Crippen molar-refractivity contribution in [3.63, 3.8) is 0 Å². The number of Topliss-reactive ketones (excluding diaryl/α,β-unsaturated/α-hetero) is 1. The minimum atomic E-state index is -0.643. The quantitative estimate of drug-likeness (QED) is 0.329. The molecule has 16 heavy (non-hydrogen) atoms. The Morgan fingerprint density at radius 2 is 1.88 bits per heavy atom. The van der Waals surface area contributed by atoms with Gasteiger partial charge in [0.1, 0.15) is 6.61 Å². The van der Waals surface area contributed by atoms with Gasteiger partial charge in [-0.05, 0) is 5.56 Å². The van der Waals surface area contributed by atoms with Gasteiger partial charge in [-0.25, -0.2) is 4.79 Å². The SMILES string of the molecule is C=C(C(=O)CC)C(=O)OCc1ccccc1. The molecule has 0 spiro atoms. The Bertz CT molecular complexity index is 393. The molecule has 3 heteroatoms. The lowest BCUT2D eigenvalue weighted by Crippen LogP contribution is -2.14. The van der Waals surface area contributed by atoms with E-state index < -0.39 is 5.97 Å². The summed E-state index contributed by atoms with van der Waals surface area (Å²) in [6.07, 6.45) is 0.263. The maximum atomic E-state index is 11.4. The molecule has 0 fully saturated rings. The number of ether oxygens (including phenoxy) is 1. The summed E-state index contributed by atoms with van der Waals surface area (Å²) in [4.78, 5) is 22.5. The Balaban J connectivity index is 2.48. The van der Waals surface area contributed by atoms with E-state index in [4.69, 9.17) is 4.74 Å². The van der Waals surface area contributed by atoms with Gasteiger partial charge in [0.05, 0.1) is 5.57 Å². The second kappa shape index (κ2) is 5.85. The van der Waals surface area contributed by atoms with Crippen molar-refractivity contribution in [2.75, 3.05) is 0 Å². The molecule has 3 nitrogen and oxygen atoms in total. The number of rotatable bonds is 5. The number of carbonyl (C=O) groups is 2. The van der Waals surface area contributed by atoms with E-state index in [0.717, 1.165) is 5.56 Å². The van der Waals surface area contributed by atoms with Crippen molar-refractivity contribution in [3.8, 4) is 0 Å². The minimum absolute atomic E-state index is 0.0848. The lowest BCUT2D eigenvalue weighted by Gasteiger charge is -2.05. The van der Waals surface area contributed by atoms with Crippen LogP contribution in [0.1, 0.15) is 18.9 Å².